The lowest BCUT2D eigenvalue weighted by atomic mass is 9.85. The van der Waals surface area contributed by atoms with Gasteiger partial charge < -0.3 is 8.98 Å². The normalized spacial score (nSPS) is 17.7. The fourth-order valence-corrected chi connectivity index (χ4v) is 2.57. The van der Waals surface area contributed by atoms with Gasteiger partial charge in [0, 0.05) is 25.8 Å². The zero-order valence-electron chi connectivity index (χ0n) is 11.0. The third-order valence-corrected chi connectivity index (χ3v) is 3.69. The lowest BCUT2D eigenvalue weighted by Gasteiger charge is -2.30. The largest absolute Gasteiger partial charge is 0.469 e. The van der Waals surface area contributed by atoms with Gasteiger partial charge in [0.25, 0.3) is 0 Å². The lowest BCUT2D eigenvalue weighted by Crippen LogP contribution is -2.28. The number of fused-ring (bicyclic) bond motifs is 1. The third kappa shape index (κ3) is 2.19. The Hall–Kier alpha value is -1.58. The summed E-state index contributed by atoms with van der Waals surface area (Å²) in [5, 5.41) is 8.64. The van der Waals surface area contributed by atoms with Gasteiger partial charge >= 0.3 is 0 Å². The van der Waals surface area contributed by atoms with Crippen molar-refractivity contribution >= 4 is 0 Å². The van der Waals surface area contributed by atoms with E-state index in [0.29, 0.717) is 5.41 Å². The van der Waals surface area contributed by atoms with Crippen molar-refractivity contribution < 1.29 is 4.42 Å². The molecule has 0 fully saturated rings. The molecule has 18 heavy (non-hydrogen) atoms. The molecule has 2 aromatic heterocycles. The van der Waals surface area contributed by atoms with Crippen LogP contribution in [0, 0.1) is 5.41 Å². The Morgan fingerprint density at radius 2 is 2.22 bits per heavy atom. The van der Waals surface area contributed by atoms with E-state index in [1.807, 2.05) is 12.1 Å². The maximum Gasteiger partial charge on any atom is 0.133 e. The van der Waals surface area contributed by atoms with Crippen molar-refractivity contribution in [2.75, 3.05) is 0 Å². The molecule has 3 rings (SSSR count). The molecule has 1 aliphatic rings. The Bertz CT molecular complexity index is 525. The van der Waals surface area contributed by atoms with E-state index < -0.39 is 0 Å². The average molecular weight is 245 g/mol. The van der Waals surface area contributed by atoms with Crippen molar-refractivity contribution in [3.8, 4) is 0 Å². The van der Waals surface area contributed by atoms with E-state index in [1.165, 1.54) is 6.42 Å². The van der Waals surface area contributed by atoms with Gasteiger partial charge in [-0.1, -0.05) is 13.8 Å². The van der Waals surface area contributed by atoms with Crippen LogP contribution in [0.2, 0.25) is 0 Å². The second kappa shape index (κ2) is 4.26. The molecule has 0 radical (unpaired) electrons. The van der Waals surface area contributed by atoms with E-state index in [4.69, 9.17) is 4.42 Å². The number of aryl methyl sites for hydroxylation is 3. The zero-order valence-corrected chi connectivity index (χ0v) is 11.0. The van der Waals surface area contributed by atoms with Crippen LogP contribution in [0.25, 0.3) is 0 Å². The molecule has 0 saturated heterocycles. The number of nitrogens with zero attached hydrogens (tertiary/aromatic N) is 3. The summed E-state index contributed by atoms with van der Waals surface area (Å²) in [6, 6.07) is 3.94. The monoisotopic (exact) mass is 245 g/mol. The van der Waals surface area contributed by atoms with Gasteiger partial charge in [0.1, 0.15) is 17.4 Å². The van der Waals surface area contributed by atoms with E-state index in [1.54, 1.807) is 6.26 Å². The van der Waals surface area contributed by atoms with Crippen LogP contribution in [0.3, 0.4) is 0 Å². The molecule has 0 saturated carbocycles. The van der Waals surface area contributed by atoms with Gasteiger partial charge in [-0.05, 0) is 24.0 Å². The Morgan fingerprint density at radius 1 is 1.33 bits per heavy atom. The number of rotatable bonds is 3. The summed E-state index contributed by atoms with van der Waals surface area (Å²) in [6.07, 6.45) is 5.75. The molecule has 0 atom stereocenters. The zero-order chi connectivity index (χ0) is 12.6. The number of furan rings is 1. The minimum absolute atomic E-state index is 0.356. The van der Waals surface area contributed by atoms with Crippen molar-refractivity contribution in [1.82, 2.24) is 14.8 Å². The van der Waals surface area contributed by atoms with Gasteiger partial charge in [0.15, 0.2) is 0 Å². The minimum atomic E-state index is 0.356. The molecular formula is C14H19N3O. The van der Waals surface area contributed by atoms with E-state index in [9.17, 15) is 0 Å². The standard InChI is InChI=1S/C14H19N3O/c1-14(2)8-7-13-16-15-12(17(13)10-14)6-5-11-4-3-9-18-11/h3-4,9H,5-8,10H2,1-2H3. The summed E-state index contributed by atoms with van der Waals surface area (Å²) in [6.45, 7) is 5.65. The average Bonchev–Trinajstić information content (AvgIpc) is 2.94. The Kier molecular flexibility index (Phi) is 2.73. The highest BCUT2D eigenvalue weighted by atomic mass is 16.3. The first-order chi connectivity index (χ1) is 8.64. The molecular weight excluding hydrogens is 226 g/mol. The molecule has 0 N–H and O–H groups in total. The fraction of sp³-hybridized carbons (Fsp3) is 0.571. The summed E-state index contributed by atoms with van der Waals surface area (Å²) in [4.78, 5) is 0. The molecule has 0 unspecified atom stereocenters. The van der Waals surface area contributed by atoms with E-state index in [2.05, 4.69) is 28.6 Å². The molecule has 0 aromatic carbocycles. The topological polar surface area (TPSA) is 43.9 Å². The Labute approximate surface area is 107 Å². The smallest absolute Gasteiger partial charge is 0.133 e. The highest BCUT2D eigenvalue weighted by molar-refractivity contribution is 5.05. The number of hydrogen-bond donors (Lipinski definition) is 0. The fourth-order valence-electron chi connectivity index (χ4n) is 2.57. The number of hydrogen-bond acceptors (Lipinski definition) is 3. The van der Waals surface area contributed by atoms with Gasteiger partial charge in [-0.15, -0.1) is 10.2 Å². The molecule has 2 aromatic rings. The highest BCUT2D eigenvalue weighted by Crippen LogP contribution is 2.30. The van der Waals surface area contributed by atoms with Crippen LogP contribution in [0.4, 0.5) is 0 Å². The first-order valence-corrected chi connectivity index (χ1v) is 6.57. The summed E-state index contributed by atoms with van der Waals surface area (Å²) >= 11 is 0. The molecule has 3 heterocycles. The molecule has 0 bridgehead atoms. The summed E-state index contributed by atoms with van der Waals surface area (Å²) in [5.41, 5.74) is 0.356. The molecule has 4 nitrogen and oxygen atoms in total. The second-order valence-corrected chi connectivity index (χ2v) is 5.86. The third-order valence-electron chi connectivity index (χ3n) is 3.69. The van der Waals surface area contributed by atoms with E-state index in [0.717, 1.165) is 43.2 Å². The maximum atomic E-state index is 5.36. The summed E-state index contributed by atoms with van der Waals surface area (Å²) in [7, 11) is 0. The van der Waals surface area contributed by atoms with E-state index in [-0.39, 0.29) is 0 Å². The summed E-state index contributed by atoms with van der Waals surface area (Å²) < 4.78 is 7.66. The summed E-state index contributed by atoms with van der Waals surface area (Å²) in [5.74, 6) is 3.25. The predicted molar refractivity (Wildman–Crippen MR) is 68.2 cm³/mol. The SMILES string of the molecule is CC1(C)CCc2nnc(CCc3ccco3)n2C1. The first kappa shape index (κ1) is 11.5. The van der Waals surface area contributed by atoms with Gasteiger partial charge in [-0.2, -0.15) is 0 Å². The molecule has 0 spiro atoms. The molecule has 1 aliphatic heterocycles. The van der Waals surface area contributed by atoms with Crippen molar-refractivity contribution in [2.45, 2.75) is 46.1 Å². The highest BCUT2D eigenvalue weighted by Gasteiger charge is 2.28. The number of aromatic nitrogens is 3. The Balaban J connectivity index is 1.76. The quantitative estimate of drug-likeness (QED) is 0.835. The molecule has 0 amide bonds. The predicted octanol–water partition coefficient (Wildman–Crippen LogP) is 2.63. The molecule has 0 aliphatic carbocycles. The van der Waals surface area contributed by atoms with Crippen LogP contribution < -0.4 is 0 Å². The van der Waals surface area contributed by atoms with Crippen molar-refractivity contribution in [3.05, 3.63) is 35.8 Å². The van der Waals surface area contributed by atoms with Crippen LogP contribution in [0.1, 0.15) is 37.7 Å². The van der Waals surface area contributed by atoms with Gasteiger partial charge in [0.05, 0.1) is 6.26 Å². The van der Waals surface area contributed by atoms with Crippen LogP contribution >= 0.6 is 0 Å². The van der Waals surface area contributed by atoms with Crippen molar-refractivity contribution in [1.29, 1.82) is 0 Å². The van der Waals surface area contributed by atoms with Crippen molar-refractivity contribution in [3.63, 3.8) is 0 Å². The lowest BCUT2D eigenvalue weighted by molar-refractivity contribution is 0.243. The van der Waals surface area contributed by atoms with Crippen LogP contribution in [0.15, 0.2) is 22.8 Å². The van der Waals surface area contributed by atoms with Crippen LogP contribution in [-0.4, -0.2) is 14.8 Å². The van der Waals surface area contributed by atoms with Gasteiger partial charge in [0.2, 0.25) is 0 Å². The molecule has 96 valence electrons. The second-order valence-electron chi connectivity index (χ2n) is 5.86. The van der Waals surface area contributed by atoms with E-state index >= 15 is 0 Å². The van der Waals surface area contributed by atoms with Crippen LogP contribution in [-0.2, 0) is 25.8 Å². The Morgan fingerprint density at radius 3 is 3.00 bits per heavy atom. The molecule has 4 heteroatoms. The first-order valence-electron chi connectivity index (χ1n) is 6.57. The van der Waals surface area contributed by atoms with Crippen molar-refractivity contribution in [2.24, 2.45) is 5.41 Å². The maximum absolute atomic E-state index is 5.36. The van der Waals surface area contributed by atoms with Gasteiger partial charge in [-0.25, -0.2) is 0 Å². The minimum Gasteiger partial charge on any atom is -0.469 e. The van der Waals surface area contributed by atoms with Crippen LogP contribution in [0.5, 0.6) is 0 Å². The van der Waals surface area contributed by atoms with Gasteiger partial charge in [-0.3, -0.25) is 0 Å².